The van der Waals surface area contributed by atoms with Gasteiger partial charge in [0.1, 0.15) is 17.7 Å². The molecule has 9 heteroatoms. The fraction of sp³-hybridized carbons (Fsp3) is 0.400. The second kappa shape index (κ2) is 9.29. The highest BCUT2D eigenvalue weighted by molar-refractivity contribution is 5.80. The zero-order chi connectivity index (χ0) is 25.3. The molecule has 0 fully saturated rings. The fourth-order valence-corrected chi connectivity index (χ4v) is 4.25. The van der Waals surface area contributed by atoms with Gasteiger partial charge in [-0.2, -0.15) is 13.2 Å². The van der Waals surface area contributed by atoms with Gasteiger partial charge in [0.25, 0.3) is 0 Å². The van der Waals surface area contributed by atoms with Gasteiger partial charge in [0, 0.05) is 17.6 Å². The van der Waals surface area contributed by atoms with E-state index in [-0.39, 0.29) is 22.1 Å². The minimum Gasteiger partial charge on any atom is -0.497 e. The standard InChI is InChI=1S/C25H27F4NO4/c1-23(2,19-8-5-16(26)6-10-22(19)34-4)14-24(32,25(27,28)29)15-30-12-11-21(31)18-13-17(33-3)7-9-20(18)30/h5-13,16,32H,14-15H2,1-4H3. The first kappa shape index (κ1) is 25.6. The van der Waals surface area contributed by atoms with Crippen LogP contribution in [0.25, 0.3) is 10.9 Å². The van der Waals surface area contributed by atoms with Crippen LogP contribution in [0.5, 0.6) is 5.75 Å². The molecule has 2 atom stereocenters. The lowest BCUT2D eigenvalue weighted by atomic mass is 9.73. The number of hydrogen-bond acceptors (Lipinski definition) is 4. The third-order valence-electron chi connectivity index (χ3n) is 5.97. The first-order valence-electron chi connectivity index (χ1n) is 10.6. The van der Waals surface area contributed by atoms with E-state index in [0.717, 1.165) is 6.07 Å². The Kier molecular flexibility index (Phi) is 6.98. The number of hydrogen-bond donors (Lipinski definition) is 1. The maximum absolute atomic E-state index is 14.3. The van der Waals surface area contributed by atoms with Gasteiger partial charge in [-0.25, -0.2) is 4.39 Å². The summed E-state index contributed by atoms with van der Waals surface area (Å²) in [6.45, 7) is 2.20. The minimum absolute atomic E-state index is 0.167. The summed E-state index contributed by atoms with van der Waals surface area (Å²) < 4.78 is 68.4. The van der Waals surface area contributed by atoms with Crippen LogP contribution in [0.1, 0.15) is 20.3 Å². The molecule has 3 rings (SSSR count). The Morgan fingerprint density at radius 3 is 2.35 bits per heavy atom. The van der Waals surface area contributed by atoms with Crippen molar-refractivity contribution in [1.82, 2.24) is 4.57 Å². The third kappa shape index (κ3) is 5.04. The van der Waals surface area contributed by atoms with Crippen LogP contribution >= 0.6 is 0 Å². The van der Waals surface area contributed by atoms with E-state index in [0.29, 0.717) is 11.3 Å². The van der Waals surface area contributed by atoms with Crippen molar-refractivity contribution < 1.29 is 32.1 Å². The van der Waals surface area contributed by atoms with Crippen LogP contribution in [0.15, 0.2) is 70.9 Å². The number of benzene rings is 1. The molecule has 0 bridgehead atoms. The van der Waals surface area contributed by atoms with Gasteiger partial charge in [-0.05, 0) is 53.8 Å². The number of methoxy groups -OCH3 is 2. The van der Waals surface area contributed by atoms with Crippen LogP contribution < -0.4 is 10.2 Å². The van der Waals surface area contributed by atoms with E-state index in [9.17, 15) is 27.5 Å². The predicted molar refractivity (Wildman–Crippen MR) is 121 cm³/mol. The normalized spacial score (nSPS) is 18.7. The Balaban J connectivity index is 2.08. The molecule has 0 aliphatic heterocycles. The second-order valence-corrected chi connectivity index (χ2v) is 8.93. The number of fused-ring (bicyclic) bond motifs is 1. The summed E-state index contributed by atoms with van der Waals surface area (Å²) in [4.78, 5) is 12.3. The molecule has 1 aromatic heterocycles. The van der Waals surface area contributed by atoms with Gasteiger partial charge in [0.15, 0.2) is 11.0 Å². The number of rotatable bonds is 7. The summed E-state index contributed by atoms with van der Waals surface area (Å²) >= 11 is 0. The van der Waals surface area contributed by atoms with Crippen LogP contribution in [0.3, 0.4) is 0 Å². The molecular formula is C25H27F4NO4. The van der Waals surface area contributed by atoms with Crippen molar-refractivity contribution in [2.75, 3.05) is 14.2 Å². The summed E-state index contributed by atoms with van der Waals surface area (Å²) in [7, 11) is 2.76. The number of halogens is 4. The van der Waals surface area contributed by atoms with Crippen LogP contribution in [0.2, 0.25) is 0 Å². The molecule has 0 saturated carbocycles. The molecule has 1 aliphatic carbocycles. The van der Waals surface area contributed by atoms with E-state index in [1.165, 1.54) is 81.3 Å². The van der Waals surface area contributed by atoms with E-state index in [4.69, 9.17) is 9.47 Å². The van der Waals surface area contributed by atoms with Gasteiger partial charge in [-0.1, -0.05) is 19.9 Å². The van der Waals surface area contributed by atoms with Gasteiger partial charge >= 0.3 is 6.18 Å². The monoisotopic (exact) mass is 481 g/mol. The fourth-order valence-electron chi connectivity index (χ4n) is 4.25. The molecule has 1 aliphatic rings. The zero-order valence-electron chi connectivity index (χ0n) is 19.3. The maximum Gasteiger partial charge on any atom is 0.418 e. The van der Waals surface area contributed by atoms with Gasteiger partial charge < -0.3 is 19.1 Å². The topological polar surface area (TPSA) is 60.7 Å². The van der Waals surface area contributed by atoms with Crippen LogP contribution in [0.4, 0.5) is 17.6 Å². The quantitative estimate of drug-likeness (QED) is 0.560. The van der Waals surface area contributed by atoms with E-state index in [2.05, 4.69) is 0 Å². The summed E-state index contributed by atoms with van der Waals surface area (Å²) in [6, 6.07) is 5.59. The molecule has 1 aromatic carbocycles. The molecule has 5 nitrogen and oxygen atoms in total. The Bertz CT molecular complexity index is 1210. The molecule has 184 valence electrons. The highest BCUT2D eigenvalue weighted by Gasteiger charge is 2.56. The number of alkyl halides is 4. The minimum atomic E-state index is -5.01. The first-order valence-corrected chi connectivity index (χ1v) is 10.6. The van der Waals surface area contributed by atoms with Crippen molar-refractivity contribution in [3.05, 3.63) is 76.3 Å². The Morgan fingerprint density at radius 1 is 1.06 bits per heavy atom. The lowest BCUT2D eigenvalue weighted by Gasteiger charge is -2.39. The summed E-state index contributed by atoms with van der Waals surface area (Å²) in [5, 5.41) is 11.2. The Hall–Kier alpha value is -3.07. The Morgan fingerprint density at radius 2 is 1.74 bits per heavy atom. The van der Waals surface area contributed by atoms with Gasteiger partial charge in [0.2, 0.25) is 0 Å². The summed E-state index contributed by atoms with van der Waals surface area (Å²) in [5.74, 6) is 0.597. The lowest BCUT2D eigenvalue weighted by Crippen LogP contribution is -2.51. The third-order valence-corrected chi connectivity index (χ3v) is 5.97. The van der Waals surface area contributed by atoms with E-state index in [1.54, 1.807) is 0 Å². The Labute approximate surface area is 194 Å². The molecule has 0 saturated heterocycles. The highest BCUT2D eigenvalue weighted by atomic mass is 19.4. The van der Waals surface area contributed by atoms with Crippen molar-refractivity contribution in [1.29, 1.82) is 0 Å². The first-order chi connectivity index (χ1) is 15.8. The molecule has 2 aromatic rings. The molecule has 1 N–H and O–H groups in total. The molecule has 1 heterocycles. The number of pyridine rings is 1. The summed E-state index contributed by atoms with van der Waals surface area (Å²) in [5.41, 5.74) is -4.28. The van der Waals surface area contributed by atoms with Gasteiger partial charge in [0.05, 0.1) is 26.3 Å². The van der Waals surface area contributed by atoms with Crippen molar-refractivity contribution in [2.45, 2.75) is 44.8 Å². The maximum atomic E-state index is 14.3. The number of allylic oxidation sites excluding steroid dienone is 5. The number of aromatic nitrogens is 1. The van der Waals surface area contributed by atoms with Crippen LogP contribution in [0, 0.1) is 5.41 Å². The number of aliphatic hydroxyl groups is 1. The molecule has 0 radical (unpaired) electrons. The smallest absolute Gasteiger partial charge is 0.418 e. The average Bonchev–Trinajstić information content (AvgIpc) is 2.96. The van der Waals surface area contributed by atoms with Crippen molar-refractivity contribution in [2.24, 2.45) is 5.41 Å². The molecular weight excluding hydrogens is 454 g/mol. The second-order valence-electron chi connectivity index (χ2n) is 8.93. The van der Waals surface area contributed by atoms with Crippen LogP contribution in [-0.4, -0.2) is 41.8 Å². The molecule has 34 heavy (non-hydrogen) atoms. The highest BCUT2D eigenvalue weighted by Crippen LogP contribution is 2.45. The SMILES string of the molecule is COC1=C(C(C)(C)CC(O)(Cn2ccc(=O)c3cc(OC)ccc32)C(F)(F)F)C=CC(F)C=C1. The average molecular weight is 481 g/mol. The molecule has 2 unspecified atom stereocenters. The largest absolute Gasteiger partial charge is 0.497 e. The van der Waals surface area contributed by atoms with E-state index in [1.807, 2.05) is 0 Å². The lowest BCUT2D eigenvalue weighted by molar-refractivity contribution is -0.273. The van der Waals surface area contributed by atoms with Crippen molar-refractivity contribution in [3.8, 4) is 5.75 Å². The van der Waals surface area contributed by atoms with Crippen LogP contribution in [-0.2, 0) is 11.3 Å². The van der Waals surface area contributed by atoms with E-state index >= 15 is 0 Å². The zero-order valence-corrected chi connectivity index (χ0v) is 19.3. The molecule has 0 spiro atoms. The van der Waals surface area contributed by atoms with Crippen molar-refractivity contribution >= 4 is 10.9 Å². The van der Waals surface area contributed by atoms with Gasteiger partial charge in [-0.15, -0.1) is 0 Å². The van der Waals surface area contributed by atoms with Crippen molar-refractivity contribution in [3.63, 3.8) is 0 Å². The number of nitrogens with zero attached hydrogens (tertiary/aromatic N) is 1. The number of ether oxygens (including phenoxy) is 2. The molecule has 0 amide bonds. The van der Waals surface area contributed by atoms with Gasteiger partial charge in [-0.3, -0.25) is 4.79 Å². The summed E-state index contributed by atoms with van der Waals surface area (Å²) in [6.07, 6.45) is -0.729. The van der Waals surface area contributed by atoms with E-state index < -0.39 is 36.3 Å². The predicted octanol–water partition coefficient (Wildman–Crippen LogP) is 5.08.